The van der Waals surface area contributed by atoms with Gasteiger partial charge in [-0.3, -0.25) is 4.79 Å². The minimum atomic E-state index is -0.383. The van der Waals surface area contributed by atoms with Crippen molar-refractivity contribution in [3.05, 3.63) is 35.9 Å². The van der Waals surface area contributed by atoms with Crippen molar-refractivity contribution in [1.29, 1.82) is 0 Å². The summed E-state index contributed by atoms with van der Waals surface area (Å²) in [6.07, 6.45) is 6.71. The fraction of sp³-hybridized carbons (Fsp3) is 0.650. The van der Waals surface area contributed by atoms with E-state index < -0.39 is 0 Å². The van der Waals surface area contributed by atoms with Crippen molar-refractivity contribution < 1.29 is 14.0 Å². The molecule has 124 valence electrons. The summed E-state index contributed by atoms with van der Waals surface area (Å²) in [5.74, 6) is 0.639. The van der Waals surface area contributed by atoms with Gasteiger partial charge in [0.25, 0.3) is 0 Å². The molecule has 0 unspecified atom stereocenters. The van der Waals surface area contributed by atoms with Gasteiger partial charge in [-0.25, -0.2) is 0 Å². The van der Waals surface area contributed by atoms with Crippen LogP contribution in [0.1, 0.15) is 44.1 Å². The van der Waals surface area contributed by atoms with Crippen LogP contribution in [0.15, 0.2) is 30.3 Å². The van der Waals surface area contributed by atoms with E-state index in [2.05, 4.69) is 19.2 Å². The van der Waals surface area contributed by atoms with Gasteiger partial charge in [0.15, 0.2) is 6.10 Å². The van der Waals surface area contributed by atoms with Crippen molar-refractivity contribution in [3.63, 3.8) is 0 Å². The van der Waals surface area contributed by atoms with E-state index in [9.17, 15) is 4.79 Å². The summed E-state index contributed by atoms with van der Waals surface area (Å²) in [4.78, 5) is 13.2. The molecule has 0 amide bonds. The van der Waals surface area contributed by atoms with Gasteiger partial charge in [0.05, 0.1) is 25.6 Å². The lowest BCUT2D eigenvalue weighted by Gasteiger charge is -2.50. The van der Waals surface area contributed by atoms with Gasteiger partial charge in [0, 0.05) is 18.8 Å². The van der Waals surface area contributed by atoms with E-state index >= 15 is 0 Å². The van der Waals surface area contributed by atoms with Gasteiger partial charge in [-0.05, 0) is 18.4 Å². The number of hydrogen-bond donors (Lipinski definition) is 0. The van der Waals surface area contributed by atoms with Crippen LogP contribution in [0.5, 0.6) is 0 Å². The summed E-state index contributed by atoms with van der Waals surface area (Å²) in [5, 5.41) is 0. The van der Waals surface area contributed by atoms with Crippen LogP contribution < -0.4 is 0 Å². The fourth-order valence-electron chi connectivity index (χ4n) is 5.08. The number of ether oxygens (including phenoxy) is 1. The highest BCUT2D eigenvalue weighted by molar-refractivity contribution is 5.83. The second-order valence-electron chi connectivity index (χ2n) is 8.19. The Labute approximate surface area is 139 Å². The zero-order valence-electron chi connectivity index (χ0n) is 14.2. The van der Waals surface area contributed by atoms with Crippen LogP contribution in [0.25, 0.3) is 0 Å². The summed E-state index contributed by atoms with van der Waals surface area (Å²) in [5.41, 5.74) is 0.774. The van der Waals surface area contributed by atoms with Gasteiger partial charge in [0.1, 0.15) is 6.54 Å². The zero-order chi connectivity index (χ0) is 15.9. The number of carbonyl (C=O) groups excluding carboxylic acids is 1. The van der Waals surface area contributed by atoms with Crippen LogP contribution >= 0.6 is 0 Å². The second kappa shape index (κ2) is 5.62. The van der Waals surface area contributed by atoms with Gasteiger partial charge in [-0.1, -0.05) is 43.2 Å². The molecule has 0 spiro atoms. The lowest BCUT2D eigenvalue weighted by atomic mass is 9.78. The van der Waals surface area contributed by atoms with Gasteiger partial charge >= 0.3 is 5.97 Å². The Kier molecular flexibility index (Phi) is 3.72. The molecule has 1 atom stereocenters. The number of carbonyl (C=O) groups is 1. The molecule has 0 aromatic heterocycles. The molecule has 3 nitrogen and oxygen atoms in total. The van der Waals surface area contributed by atoms with Gasteiger partial charge < -0.3 is 9.22 Å². The number of esters is 1. The van der Waals surface area contributed by atoms with Crippen molar-refractivity contribution in [1.82, 2.24) is 0 Å². The number of piperidine rings is 3. The molecule has 23 heavy (non-hydrogen) atoms. The number of nitrogens with zero attached hydrogens (tertiary/aromatic N) is 1. The molecule has 2 bridgehead atoms. The summed E-state index contributed by atoms with van der Waals surface area (Å²) >= 11 is 0. The highest BCUT2D eigenvalue weighted by Crippen LogP contribution is 2.43. The lowest BCUT2D eigenvalue weighted by molar-refractivity contribution is -0.928. The number of likely N-dealkylation sites (N-methyl/N-ethyl adjacent to an activating group) is 1. The lowest BCUT2D eigenvalue weighted by Crippen LogP contribution is -2.62. The smallest absolute Gasteiger partial charge is 0.317 e. The molecule has 1 aromatic carbocycles. The van der Waals surface area contributed by atoms with Crippen molar-refractivity contribution >= 4 is 5.97 Å². The quantitative estimate of drug-likeness (QED) is 0.632. The van der Waals surface area contributed by atoms with E-state index in [0.29, 0.717) is 5.92 Å². The summed E-state index contributed by atoms with van der Waals surface area (Å²) in [6, 6.07) is 10.3. The molecule has 3 saturated heterocycles. The van der Waals surface area contributed by atoms with Crippen LogP contribution in [0.2, 0.25) is 0 Å². The summed E-state index contributed by atoms with van der Waals surface area (Å²) in [6.45, 7) is 3.52. The minimum absolute atomic E-state index is 0.0477. The third kappa shape index (κ3) is 2.59. The van der Waals surface area contributed by atoms with E-state index in [1.54, 1.807) is 0 Å². The molecular formula is C20H28NO2+. The first-order valence-corrected chi connectivity index (χ1v) is 9.22. The Morgan fingerprint density at radius 1 is 1.13 bits per heavy atom. The van der Waals surface area contributed by atoms with Crippen LogP contribution in [-0.4, -0.2) is 43.2 Å². The van der Waals surface area contributed by atoms with Crippen LogP contribution in [0.3, 0.4) is 0 Å². The average Bonchev–Trinajstić information content (AvgIpc) is 3.07. The van der Waals surface area contributed by atoms with Gasteiger partial charge in [-0.2, -0.15) is 0 Å². The molecule has 1 saturated carbocycles. The maximum atomic E-state index is 13.2. The fourth-order valence-corrected chi connectivity index (χ4v) is 5.08. The average molecular weight is 314 g/mol. The molecule has 3 heterocycles. The Bertz CT molecular complexity index is 569. The van der Waals surface area contributed by atoms with Crippen molar-refractivity contribution in [2.75, 3.05) is 26.7 Å². The third-order valence-corrected chi connectivity index (χ3v) is 6.66. The number of rotatable bonds is 3. The molecule has 5 rings (SSSR count). The van der Waals surface area contributed by atoms with Gasteiger partial charge in [-0.15, -0.1) is 0 Å². The normalized spacial score (nSPS) is 35.2. The number of quaternary nitrogens is 1. The van der Waals surface area contributed by atoms with Crippen molar-refractivity contribution in [2.24, 2.45) is 5.92 Å². The van der Waals surface area contributed by atoms with Crippen molar-refractivity contribution in [3.8, 4) is 0 Å². The van der Waals surface area contributed by atoms with E-state index in [1.807, 2.05) is 18.2 Å². The van der Waals surface area contributed by atoms with E-state index in [-0.39, 0.29) is 17.5 Å². The monoisotopic (exact) mass is 314 g/mol. The second-order valence-corrected chi connectivity index (χ2v) is 8.19. The van der Waals surface area contributed by atoms with Crippen molar-refractivity contribution in [2.45, 2.75) is 50.0 Å². The molecule has 0 radical (unpaired) electrons. The first-order valence-electron chi connectivity index (χ1n) is 9.22. The highest BCUT2D eigenvalue weighted by atomic mass is 16.5. The molecule has 4 aliphatic rings. The van der Waals surface area contributed by atoms with Crippen LogP contribution in [0, 0.1) is 5.92 Å². The molecule has 1 aliphatic carbocycles. The molecule has 3 aliphatic heterocycles. The Morgan fingerprint density at radius 2 is 1.78 bits per heavy atom. The Hall–Kier alpha value is -1.35. The van der Waals surface area contributed by atoms with Crippen LogP contribution in [0.4, 0.5) is 0 Å². The third-order valence-electron chi connectivity index (χ3n) is 6.66. The highest BCUT2D eigenvalue weighted by Gasteiger charge is 2.49. The molecule has 4 fully saturated rings. The topological polar surface area (TPSA) is 26.3 Å². The zero-order valence-corrected chi connectivity index (χ0v) is 14.2. The number of hydrogen-bond acceptors (Lipinski definition) is 2. The summed E-state index contributed by atoms with van der Waals surface area (Å²) in [7, 11) is 2.32. The maximum absolute atomic E-state index is 13.2. The Balaban J connectivity index is 1.55. The number of benzene rings is 1. The predicted molar refractivity (Wildman–Crippen MR) is 90.0 cm³/mol. The van der Waals surface area contributed by atoms with Crippen LogP contribution in [-0.2, 0) is 14.9 Å². The largest absolute Gasteiger partial charge is 0.455 e. The molecule has 1 aromatic rings. The Morgan fingerprint density at radius 3 is 2.39 bits per heavy atom. The van der Waals surface area contributed by atoms with E-state index in [0.717, 1.165) is 42.3 Å². The first-order chi connectivity index (χ1) is 11.1. The van der Waals surface area contributed by atoms with Gasteiger partial charge in [0.2, 0.25) is 0 Å². The maximum Gasteiger partial charge on any atom is 0.317 e. The number of fused-ring (bicyclic) bond motifs is 3. The van der Waals surface area contributed by atoms with E-state index in [4.69, 9.17) is 4.74 Å². The molecule has 0 N–H and O–H groups in total. The van der Waals surface area contributed by atoms with E-state index in [1.165, 1.54) is 25.9 Å². The molecular weight excluding hydrogens is 286 g/mol. The first kappa shape index (κ1) is 15.2. The minimum Gasteiger partial charge on any atom is -0.455 e. The predicted octanol–water partition coefficient (Wildman–Crippen LogP) is 3.28. The summed E-state index contributed by atoms with van der Waals surface area (Å²) < 4.78 is 7.27. The SMILES string of the molecule is C[N+]12CCC(CC1)[C@@H](OC(=O)C1(c3ccccc3)CCCC1)C2. The standard InChI is InChI=1S/C20H28NO2/c1-21-13-9-16(10-14-21)18(15-21)23-19(22)20(11-5-6-12-20)17-7-3-2-4-8-17/h2-4,7-8,16,18H,5-6,9-15H2,1H3/q+1/t16?,18-,21?/m0/s1. The molecule has 3 heteroatoms.